The number of hydrogen-bond donors (Lipinski definition) is 1. The van der Waals surface area contributed by atoms with E-state index >= 15 is 0 Å². The predicted octanol–water partition coefficient (Wildman–Crippen LogP) is 2.04. The van der Waals surface area contributed by atoms with Crippen molar-refractivity contribution in [2.45, 2.75) is 12.5 Å². The number of carbonyl (C=O) groups is 3. The Morgan fingerprint density at radius 2 is 1.96 bits per heavy atom. The van der Waals surface area contributed by atoms with E-state index in [0.717, 1.165) is 11.1 Å². The normalized spacial score (nSPS) is 15.7. The zero-order valence-corrected chi connectivity index (χ0v) is 13.7. The lowest BCUT2D eigenvalue weighted by Crippen LogP contribution is -2.25. The molecule has 1 aliphatic rings. The number of ether oxygens (including phenoxy) is 2. The van der Waals surface area contributed by atoms with Crippen LogP contribution in [0.15, 0.2) is 48.5 Å². The Bertz CT molecular complexity index is 816. The fraction of sp³-hybridized carbons (Fsp3) is 0.211. The van der Waals surface area contributed by atoms with Crippen molar-refractivity contribution in [2.75, 3.05) is 13.7 Å². The van der Waals surface area contributed by atoms with Crippen LogP contribution in [0.3, 0.4) is 0 Å². The van der Waals surface area contributed by atoms with E-state index in [0.29, 0.717) is 17.5 Å². The third-order valence-electron chi connectivity index (χ3n) is 4.00. The molecular weight excluding hydrogens is 322 g/mol. The van der Waals surface area contributed by atoms with Gasteiger partial charge in [-0.25, -0.2) is 9.59 Å². The number of cyclic esters (lactones) is 1. The van der Waals surface area contributed by atoms with Gasteiger partial charge in [-0.1, -0.05) is 30.3 Å². The molecule has 128 valence electrons. The summed E-state index contributed by atoms with van der Waals surface area (Å²) in [6, 6.07) is 14.1. The predicted molar refractivity (Wildman–Crippen MR) is 89.1 cm³/mol. The molecule has 0 aliphatic carbocycles. The number of esters is 2. The standard InChI is InChI=1S/C19H17NO5/c1-20-17(21)11-24-18(22)13-7-8-15-14(9-13)10-16(25-19(15)23)12-5-3-2-4-6-12/h2-9,16H,10-11H2,1H3,(H,20,21)/t16-/m1/s1. The van der Waals surface area contributed by atoms with Crippen LogP contribution >= 0.6 is 0 Å². The maximum absolute atomic E-state index is 12.2. The van der Waals surface area contributed by atoms with E-state index in [4.69, 9.17) is 9.47 Å². The molecule has 1 amide bonds. The minimum absolute atomic E-state index is 0.296. The van der Waals surface area contributed by atoms with Crippen LogP contribution in [-0.4, -0.2) is 31.5 Å². The maximum atomic E-state index is 12.2. The van der Waals surface area contributed by atoms with Crippen LogP contribution in [0.5, 0.6) is 0 Å². The molecule has 25 heavy (non-hydrogen) atoms. The molecule has 0 spiro atoms. The van der Waals surface area contributed by atoms with Gasteiger partial charge < -0.3 is 14.8 Å². The minimum Gasteiger partial charge on any atom is -0.454 e. The first-order valence-corrected chi connectivity index (χ1v) is 7.85. The highest BCUT2D eigenvalue weighted by Gasteiger charge is 2.28. The lowest BCUT2D eigenvalue weighted by atomic mass is 9.93. The Balaban J connectivity index is 1.80. The molecule has 0 saturated carbocycles. The lowest BCUT2D eigenvalue weighted by Gasteiger charge is -2.25. The van der Waals surface area contributed by atoms with Crippen molar-refractivity contribution < 1.29 is 23.9 Å². The highest BCUT2D eigenvalue weighted by molar-refractivity contribution is 5.96. The van der Waals surface area contributed by atoms with E-state index in [-0.39, 0.29) is 12.5 Å². The van der Waals surface area contributed by atoms with Crippen molar-refractivity contribution >= 4 is 17.8 Å². The molecule has 1 aliphatic heterocycles. The molecule has 0 fully saturated rings. The Kier molecular flexibility index (Phi) is 4.79. The number of amides is 1. The van der Waals surface area contributed by atoms with Gasteiger partial charge in [-0.2, -0.15) is 0 Å². The van der Waals surface area contributed by atoms with Gasteiger partial charge in [0.2, 0.25) is 0 Å². The second-order valence-electron chi connectivity index (χ2n) is 5.63. The number of benzene rings is 2. The van der Waals surface area contributed by atoms with Gasteiger partial charge in [0.15, 0.2) is 6.61 Å². The van der Waals surface area contributed by atoms with Gasteiger partial charge in [0.05, 0.1) is 11.1 Å². The van der Waals surface area contributed by atoms with Crippen molar-refractivity contribution in [2.24, 2.45) is 0 Å². The summed E-state index contributed by atoms with van der Waals surface area (Å²) in [4.78, 5) is 35.5. The van der Waals surface area contributed by atoms with Gasteiger partial charge in [-0.05, 0) is 29.3 Å². The van der Waals surface area contributed by atoms with Crippen molar-refractivity contribution in [3.05, 3.63) is 70.8 Å². The van der Waals surface area contributed by atoms with E-state index in [1.807, 2.05) is 30.3 Å². The summed E-state index contributed by atoms with van der Waals surface area (Å²) in [5.41, 5.74) is 2.35. The quantitative estimate of drug-likeness (QED) is 0.862. The van der Waals surface area contributed by atoms with Gasteiger partial charge in [-0.15, -0.1) is 0 Å². The summed E-state index contributed by atoms with van der Waals surface area (Å²) in [5, 5.41) is 2.37. The summed E-state index contributed by atoms with van der Waals surface area (Å²) in [7, 11) is 1.46. The van der Waals surface area contributed by atoms with Crippen LogP contribution in [-0.2, 0) is 20.7 Å². The largest absolute Gasteiger partial charge is 0.454 e. The van der Waals surface area contributed by atoms with Crippen molar-refractivity contribution in [1.82, 2.24) is 5.32 Å². The lowest BCUT2D eigenvalue weighted by molar-refractivity contribution is -0.123. The SMILES string of the molecule is CNC(=O)COC(=O)c1ccc2c(c1)C[C@H](c1ccccc1)OC2=O. The first-order chi connectivity index (χ1) is 12.1. The monoisotopic (exact) mass is 339 g/mol. The number of hydrogen-bond acceptors (Lipinski definition) is 5. The van der Waals surface area contributed by atoms with Crippen molar-refractivity contribution in [3.63, 3.8) is 0 Å². The van der Waals surface area contributed by atoms with E-state index in [1.54, 1.807) is 12.1 Å². The molecule has 1 heterocycles. The Morgan fingerprint density at radius 1 is 1.20 bits per heavy atom. The van der Waals surface area contributed by atoms with Crippen LogP contribution in [0.25, 0.3) is 0 Å². The fourth-order valence-electron chi connectivity index (χ4n) is 2.66. The first kappa shape index (κ1) is 16.7. The first-order valence-electron chi connectivity index (χ1n) is 7.85. The number of nitrogens with one attached hydrogen (secondary N) is 1. The van der Waals surface area contributed by atoms with Crippen LogP contribution in [0.1, 0.15) is 37.9 Å². The van der Waals surface area contributed by atoms with E-state index in [1.165, 1.54) is 13.1 Å². The summed E-state index contributed by atoms with van der Waals surface area (Å²) in [5.74, 6) is -1.42. The topological polar surface area (TPSA) is 81.7 Å². The molecule has 1 atom stereocenters. The number of rotatable bonds is 4. The number of fused-ring (bicyclic) bond motifs is 1. The average molecular weight is 339 g/mol. The molecule has 0 bridgehead atoms. The molecular formula is C19H17NO5. The third kappa shape index (κ3) is 3.68. The number of carbonyl (C=O) groups excluding carboxylic acids is 3. The van der Waals surface area contributed by atoms with Gasteiger partial charge in [-0.3, -0.25) is 4.79 Å². The second-order valence-corrected chi connectivity index (χ2v) is 5.63. The van der Waals surface area contributed by atoms with E-state index in [9.17, 15) is 14.4 Å². The zero-order chi connectivity index (χ0) is 17.8. The fourth-order valence-corrected chi connectivity index (χ4v) is 2.66. The molecule has 0 aromatic heterocycles. The second kappa shape index (κ2) is 7.17. The maximum Gasteiger partial charge on any atom is 0.339 e. The van der Waals surface area contributed by atoms with Gasteiger partial charge >= 0.3 is 11.9 Å². The van der Waals surface area contributed by atoms with E-state index < -0.39 is 18.0 Å². The molecule has 0 unspecified atom stereocenters. The average Bonchev–Trinajstić information content (AvgIpc) is 2.65. The molecule has 6 nitrogen and oxygen atoms in total. The van der Waals surface area contributed by atoms with Crippen molar-refractivity contribution in [3.8, 4) is 0 Å². The van der Waals surface area contributed by atoms with Crippen LogP contribution in [0, 0.1) is 0 Å². The molecule has 6 heteroatoms. The highest BCUT2D eigenvalue weighted by Crippen LogP contribution is 2.31. The van der Waals surface area contributed by atoms with Gasteiger partial charge in [0.1, 0.15) is 6.10 Å². The molecule has 1 N–H and O–H groups in total. The minimum atomic E-state index is -0.610. The summed E-state index contributed by atoms with van der Waals surface area (Å²) in [6.07, 6.45) is 0.0834. The molecule has 0 radical (unpaired) electrons. The van der Waals surface area contributed by atoms with Crippen LogP contribution in [0.2, 0.25) is 0 Å². The van der Waals surface area contributed by atoms with Gasteiger partial charge in [0.25, 0.3) is 5.91 Å². The molecule has 2 aromatic rings. The Morgan fingerprint density at radius 3 is 2.68 bits per heavy atom. The summed E-state index contributed by atoms with van der Waals surface area (Å²) >= 11 is 0. The zero-order valence-electron chi connectivity index (χ0n) is 13.7. The summed E-state index contributed by atoms with van der Waals surface area (Å²) < 4.78 is 10.4. The molecule has 2 aromatic carbocycles. The van der Waals surface area contributed by atoms with Crippen molar-refractivity contribution in [1.29, 1.82) is 0 Å². The smallest absolute Gasteiger partial charge is 0.339 e. The molecule has 0 saturated heterocycles. The van der Waals surface area contributed by atoms with E-state index in [2.05, 4.69) is 5.32 Å². The molecule has 3 rings (SSSR count). The van der Waals surface area contributed by atoms with Crippen LogP contribution < -0.4 is 5.32 Å². The Hall–Kier alpha value is -3.15. The highest BCUT2D eigenvalue weighted by atomic mass is 16.5. The Labute approximate surface area is 144 Å². The third-order valence-corrected chi connectivity index (χ3v) is 4.00. The number of likely N-dealkylation sites (N-methyl/N-ethyl adjacent to an activating group) is 1. The van der Waals surface area contributed by atoms with Gasteiger partial charge in [0, 0.05) is 13.5 Å². The van der Waals surface area contributed by atoms with Crippen LogP contribution in [0.4, 0.5) is 0 Å². The summed E-state index contributed by atoms with van der Waals surface area (Å²) in [6.45, 7) is -0.346.